The number of aliphatic carboxylic acids is 1. The Morgan fingerprint density at radius 3 is 2.64 bits per heavy atom. The lowest BCUT2D eigenvalue weighted by Crippen LogP contribution is -2.47. The van der Waals surface area contributed by atoms with Crippen molar-refractivity contribution < 1.29 is 14.3 Å². The van der Waals surface area contributed by atoms with E-state index in [4.69, 9.17) is 5.26 Å². The van der Waals surface area contributed by atoms with Gasteiger partial charge in [0.25, 0.3) is 0 Å². The minimum absolute atomic E-state index is 0.0169. The molecule has 4 heteroatoms. The van der Waals surface area contributed by atoms with Crippen LogP contribution in [0.2, 0.25) is 0 Å². The average molecular weight is 384 g/mol. The Morgan fingerprint density at radius 1 is 1.29 bits per heavy atom. The van der Waals surface area contributed by atoms with Crippen LogP contribution in [0.1, 0.15) is 81.3 Å². The molecule has 3 nitrogen and oxygen atoms in total. The second-order valence-corrected chi connectivity index (χ2v) is 8.58. The first-order chi connectivity index (χ1) is 13.5. The number of benzene rings is 1. The van der Waals surface area contributed by atoms with Crippen molar-refractivity contribution >= 4 is 5.97 Å². The number of allylic oxidation sites excluding steroid dienone is 1. The minimum Gasteiger partial charge on any atom is -0.481 e. The van der Waals surface area contributed by atoms with Gasteiger partial charge in [-0.2, -0.15) is 5.26 Å². The first-order valence-corrected chi connectivity index (χ1v) is 10.6. The molecule has 2 saturated carbocycles. The summed E-state index contributed by atoms with van der Waals surface area (Å²) >= 11 is 0. The number of nitrogens with zero attached hydrogens (tertiary/aromatic N) is 1. The lowest BCUT2D eigenvalue weighted by Gasteiger charge is -2.48. The molecule has 1 N–H and O–H groups in total. The van der Waals surface area contributed by atoms with Crippen LogP contribution in [-0.2, 0) is 4.79 Å². The summed E-state index contributed by atoms with van der Waals surface area (Å²) < 4.78 is 14.3. The van der Waals surface area contributed by atoms with Crippen molar-refractivity contribution in [3.63, 3.8) is 0 Å². The lowest BCUT2D eigenvalue weighted by atomic mass is 9.54. The largest absolute Gasteiger partial charge is 0.481 e. The molecule has 150 valence electrons. The Hall–Kier alpha value is -2.15. The van der Waals surface area contributed by atoms with E-state index in [0.717, 1.165) is 63.4 Å². The molecule has 0 spiro atoms. The average Bonchev–Trinajstić information content (AvgIpc) is 2.72. The summed E-state index contributed by atoms with van der Waals surface area (Å²) in [6, 6.07) is 6.53. The predicted molar refractivity (Wildman–Crippen MR) is 107 cm³/mol. The van der Waals surface area contributed by atoms with E-state index in [-0.39, 0.29) is 17.4 Å². The fourth-order valence-corrected chi connectivity index (χ4v) is 5.74. The molecule has 2 aliphatic rings. The Morgan fingerprint density at radius 2 is 2.04 bits per heavy atom. The van der Waals surface area contributed by atoms with Crippen LogP contribution in [0.5, 0.6) is 0 Å². The minimum atomic E-state index is -0.817. The van der Waals surface area contributed by atoms with E-state index in [1.165, 1.54) is 12.1 Å². The summed E-state index contributed by atoms with van der Waals surface area (Å²) in [6.45, 7) is 3.80. The smallest absolute Gasteiger partial charge is 0.310 e. The highest BCUT2D eigenvalue weighted by Gasteiger charge is 2.53. The summed E-state index contributed by atoms with van der Waals surface area (Å²) in [5, 5.41) is 19.4. The molecule has 0 radical (unpaired) electrons. The molecule has 0 saturated heterocycles. The summed E-state index contributed by atoms with van der Waals surface area (Å²) in [4.78, 5) is 12.7. The summed E-state index contributed by atoms with van der Waals surface area (Å²) in [5.41, 5.74) is -0.0574. The van der Waals surface area contributed by atoms with E-state index in [1.54, 1.807) is 6.07 Å². The van der Waals surface area contributed by atoms with Crippen molar-refractivity contribution in [2.45, 2.75) is 70.1 Å². The maximum Gasteiger partial charge on any atom is 0.310 e. The van der Waals surface area contributed by atoms with Crippen molar-refractivity contribution in [1.29, 1.82) is 5.26 Å². The molecule has 0 aliphatic heterocycles. The molecule has 0 bridgehead atoms. The predicted octanol–water partition coefficient (Wildman–Crippen LogP) is 6.20. The van der Waals surface area contributed by atoms with Crippen molar-refractivity contribution in [3.05, 3.63) is 47.8 Å². The van der Waals surface area contributed by atoms with E-state index in [0.29, 0.717) is 12.3 Å². The molecule has 2 fully saturated rings. The van der Waals surface area contributed by atoms with E-state index in [2.05, 4.69) is 6.58 Å². The molecule has 0 heterocycles. The molecule has 28 heavy (non-hydrogen) atoms. The van der Waals surface area contributed by atoms with Crippen LogP contribution < -0.4 is 0 Å². The van der Waals surface area contributed by atoms with Crippen LogP contribution in [-0.4, -0.2) is 11.1 Å². The molecule has 1 aromatic rings. The Kier molecular flexibility index (Phi) is 6.54. The number of hydrogen-bond acceptors (Lipinski definition) is 2. The molecule has 3 rings (SSSR count). The zero-order chi connectivity index (χ0) is 20.1. The van der Waals surface area contributed by atoms with Gasteiger partial charge in [0.05, 0.1) is 11.0 Å². The number of carbonyl (C=O) groups is 1. The van der Waals surface area contributed by atoms with Crippen LogP contribution in [0.15, 0.2) is 30.9 Å². The molecule has 2 aliphatic carbocycles. The highest BCUT2D eigenvalue weighted by Crippen LogP contribution is 2.56. The SMILES string of the molecule is C=CCC[C@H]1CC[C@H]([C@]2(C(=O)O)CCCCC2c2ccc(C#N)c(F)c2)CC1. The van der Waals surface area contributed by atoms with Gasteiger partial charge in [0.1, 0.15) is 11.9 Å². The van der Waals surface area contributed by atoms with Gasteiger partial charge in [-0.3, -0.25) is 4.79 Å². The summed E-state index contributed by atoms with van der Waals surface area (Å²) in [5.74, 6) is -0.659. The first-order valence-electron chi connectivity index (χ1n) is 10.6. The highest BCUT2D eigenvalue weighted by atomic mass is 19.1. The summed E-state index contributed by atoms with van der Waals surface area (Å²) in [7, 11) is 0. The highest BCUT2D eigenvalue weighted by molar-refractivity contribution is 5.77. The molecule has 0 aromatic heterocycles. The van der Waals surface area contributed by atoms with Gasteiger partial charge in [0, 0.05) is 5.92 Å². The molecular weight excluding hydrogens is 353 g/mol. The fraction of sp³-hybridized carbons (Fsp3) is 0.583. The first kappa shape index (κ1) is 20.6. The standard InChI is InChI=1S/C24H30FNO2/c1-2-3-6-17-8-12-20(13-9-17)24(23(27)28)14-5-4-7-21(24)18-10-11-19(16-26)22(25)15-18/h2,10-11,15,17,20-21H,1,3-9,12-14H2,(H,27,28)/t17-,20-,21?,24-/m1/s1. The third-order valence-electron chi connectivity index (χ3n) is 7.22. The second kappa shape index (κ2) is 8.90. The number of halogens is 1. The Balaban J connectivity index is 1.89. The maximum absolute atomic E-state index is 14.3. The van der Waals surface area contributed by atoms with Gasteiger partial charge in [-0.25, -0.2) is 4.39 Å². The second-order valence-electron chi connectivity index (χ2n) is 8.58. The molecule has 1 aromatic carbocycles. The topological polar surface area (TPSA) is 61.1 Å². The van der Waals surface area contributed by atoms with Crippen molar-refractivity contribution in [2.75, 3.05) is 0 Å². The molecular formula is C24H30FNO2. The number of nitriles is 1. The lowest BCUT2D eigenvalue weighted by molar-refractivity contribution is -0.159. The normalized spacial score (nSPS) is 30.4. The van der Waals surface area contributed by atoms with Gasteiger partial charge >= 0.3 is 5.97 Å². The number of carboxylic acid groups (broad SMARTS) is 1. The molecule has 1 unspecified atom stereocenters. The zero-order valence-electron chi connectivity index (χ0n) is 16.5. The summed E-state index contributed by atoms with van der Waals surface area (Å²) in [6.07, 6.45) is 11.4. The van der Waals surface area contributed by atoms with Crippen molar-refractivity contribution in [2.24, 2.45) is 17.3 Å². The van der Waals surface area contributed by atoms with E-state index < -0.39 is 17.2 Å². The van der Waals surface area contributed by atoms with Crippen LogP contribution in [0.4, 0.5) is 4.39 Å². The Labute approximate surface area is 167 Å². The Bertz CT molecular complexity index is 760. The quantitative estimate of drug-likeness (QED) is 0.595. The third kappa shape index (κ3) is 3.85. The maximum atomic E-state index is 14.3. The van der Waals surface area contributed by atoms with Crippen LogP contribution in [0, 0.1) is 34.4 Å². The van der Waals surface area contributed by atoms with Gasteiger partial charge < -0.3 is 5.11 Å². The molecule has 0 amide bonds. The molecule has 2 atom stereocenters. The number of carboxylic acids is 1. The zero-order valence-corrected chi connectivity index (χ0v) is 16.5. The van der Waals surface area contributed by atoms with E-state index in [9.17, 15) is 14.3 Å². The van der Waals surface area contributed by atoms with Crippen molar-refractivity contribution in [1.82, 2.24) is 0 Å². The van der Waals surface area contributed by atoms with Gasteiger partial charge in [-0.1, -0.05) is 37.8 Å². The van der Waals surface area contributed by atoms with Crippen molar-refractivity contribution in [3.8, 4) is 6.07 Å². The monoisotopic (exact) mass is 383 g/mol. The van der Waals surface area contributed by atoms with Crippen LogP contribution in [0.25, 0.3) is 0 Å². The van der Waals surface area contributed by atoms with Gasteiger partial charge in [0.2, 0.25) is 0 Å². The number of hydrogen-bond donors (Lipinski definition) is 1. The van der Waals surface area contributed by atoms with E-state index >= 15 is 0 Å². The van der Waals surface area contributed by atoms with Crippen LogP contribution >= 0.6 is 0 Å². The number of rotatable bonds is 6. The van der Waals surface area contributed by atoms with E-state index in [1.807, 2.05) is 12.1 Å². The third-order valence-corrected chi connectivity index (χ3v) is 7.22. The fourth-order valence-electron chi connectivity index (χ4n) is 5.74. The van der Waals surface area contributed by atoms with Gasteiger partial charge in [-0.05, 0) is 68.1 Å². The van der Waals surface area contributed by atoms with Gasteiger partial charge in [-0.15, -0.1) is 6.58 Å². The van der Waals surface area contributed by atoms with Gasteiger partial charge in [0.15, 0.2) is 0 Å². The van der Waals surface area contributed by atoms with Crippen LogP contribution in [0.3, 0.4) is 0 Å².